The SMILES string of the molecule is C=CCn1c(C)nnc1SCC(=O)c1cc(C)n(-c2cc(C)cc(C)c2)c1C. The smallest absolute Gasteiger partial charge is 0.191 e. The zero-order valence-electron chi connectivity index (χ0n) is 17.1. The normalized spacial score (nSPS) is 11.0. The van der Waals surface area contributed by atoms with Crippen molar-refractivity contribution in [3.63, 3.8) is 0 Å². The van der Waals surface area contributed by atoms with Crippen molar-refractivity contribution in [2.24, 2.45) is 0 Å². The summed E-state index contributed by atoms with van der Waals surface area (Å²) in [7, 11) is 0. The number of ketones is 1. The van der Waals surface area contributed by atoms with Gasteiger partial charge in [-0.15, -0.1) is 16.8 Å². The summed E-state index contributed by atoms with van der Waals surface area (Å²) in [5.41, 5.74) is 6.31. The molecule has 0 saturated heterocycles. The molecule has 0 unspecified atom stereocenters. The Morgan fingerprint density at radius 3 is 2.39 bits per heavy atom. The van der Waals surface area contributed by atoms with E-state index in [1.165, 1.54) is 22.9 Å². The summed E-state index contributed by atoms with van der Waals surface area (Å²) >= 11 is 1.42. The first-order valence-corrected chi connectivity index (χ1v) is 10.2. The molecule has 0 aliphatic carbocycles. The molecule has 3 rings (SSSR count). The zero-order valence-corrected chi connectivity index (χ0v) is 17.9. The number of allylic oxidation sites excluding steroid dienone is 1. The first-order chi connectivity index (χ1) is 13.3. The number of nitrogens with zero attached hydrogens (tertiary/aromatic N) is 4. The van der Waals surface area contributed by atoms with Crippen LogP contribution < -0.4 is 0 Å². The molecule has 28 heavy (non-hydrogen) atoms. The molecular formula is C22H26N4OS. The van der Waals surface area contributed by atoms with E-state index in [1.807, 2.05) is 31.4 Å². The van der Waals surface area contributed by atoms with Crippen molar-refractivity contribution in [2.45, 2.75) is 46.3 Å². The fourth-order valence-electron chi connectivity index (χ4n) is 3.54. The average Bonchev–Trinajstić information content (AvgIpc) is 3.12. The Morgan fingerprint density at radius 1 is 1.07 bits per heavy atom. The maximum atomic E-state index is 12.9. The Kier molecular flexibility index (Phi) is 5.89. The maximum Gasteiger partial charge on any atom is 0.191 e. The highest BCUT2D eigenvalue weighted by Gasteiger charge is 2.18. The van der Waals surface area contributed by atoms with Gasteiger partial charge < -0.3 is 9.13 Å². The molecule has 146 valence electrons. The van der Waals surface area contributed by atoms with Crippen molar-refractivity contribution in [1.82, 2.24) is 19.3 Å². The van der Waals surface area contributed by atoms with Crippen LogP contribution in [-0.4, -0.2) is 30.9 Å². The predicted molar refractivity (Wildman–Crippen MR) is 115 cm³/mol. The lowest BCUT2D eigenvalue weighted by molar-refractivity contribution is 0.102. The lowest BCUT2D eigenvalue weighted by Gasteiger charge is -2.12. The van der Waals surface area contributed by atoms with E-state index in [0.29, 0.717) is 12.3 Å². The van der Waals surface area contributed by atoms with Crippen LogP contribution in [0.5, 0.6) is 0 Å². The number of hydrogen-bond donors (Lipinski definition) is 0. The number of aromatic nitrogens is 4. The fourth-order valence-corrected chi connectivity index (χ4v) is 4.41. The standard InChI is InChI=1S/C22H26N4OS/c1-7-8-25-18(6)23-24-22(25)28-13-21(27)20-12-16(4)26(17(20)5)19-10-14(2)9-15(3)11-19/h7,9-12H,1,8,13H2,2-6H3. The second kappa shape index (κ2) is 8.19. The van der Waals surface area contributed by atoms with E-state index in [0.717, 1.165) is 33.6 Å². The first kappa shape index (κ1) is 20.1. The number of Topliss-reactive ketones (excluding diaryl/α,β-unsaturated/α-hetero) is 1. The summed E-state index contributed by atoms with van der Waals surface area (Å²) in [4.78, 5) is 12.9. The third-order valence-electron chi connectivity index (χ3n) is 4.74. The Morgan fingerprint density at radius 2 is 1.75 bits per heavy atom. The summed E-state index contributed by atoms with van der Waals surface area (Å²) in [6.45, 7) is 14.5. The number of rotatable bonds is 7. The minimum Gasteiger partial charge on any atom is -0.318 e. The van der Waals surface area contributed by atoms with Gasteiger partial charge in [0.05, 0.1) is 5.75 Å². The van der Waals surface area contributed by atoms with Crippen molar-refractivity contribution >= 4 is 17.5 Å². The summed E-state index contributed by atoms with van der Waals surface area (Å²) in [5, 5.41) is 9.03. The van der Waals surface area contributed by atoms with Gasteiger partial charge in [-0.3, -0.25) is 4.79 Å². The summed E-state index contributed by atoms with van der Waals surface area (Å²) in [5.74, 6) is 1.24. The molecule has 0 atom stereocenters. The van der Waals surface area contributed by atoms with Crippen LogP contribution in [0, 0.1) is 34.6 Å². The highest BCUT2D eigenvalue weighted by atomic mass is 32.2. The van der Waals surface area contributed by atoms with Crippen LogP contribution in [0.15, 0.2) is 42.1 Å². The predicted octanol–water partition coefficient (Wildman–Crippen LogP) is 4.77. The number of aryl methyl sites for hydroxylation is 4. The van der Waals surface area contributed by atoms with Crippen LogP contribution in [0.2, 0.25) is 0 Å². The van der Waals surface area contributed by atoms with E-state index in [4.69, 9.17) is 0 Å². The summed E-state index contributed by atoms with van der Waals surface area (Å²) in [6.07, 6.45) is 1.81. The molecule has 3 aromatic rings. The van der Waals surface area contributed by atoms with Crippen LogP contribution in [0.25, 0.3) is 5.69 Å². The summed E-state index contributed by atoms with van der Waals surface area (Å²) < 4.78 is 4.12. The Balaban J connectivity index is 1.85. The van der Waals surface area contributed by atoms with E-state index in [2.05, 4.69) is 53.4 Å². The van der Waals surface area contributed by atoms with Gasteiger partial charge in [-0.1, -0.05) is 23.9 Å². The van der Waals surface area contributed by atoms with Gasteiger partial charge in [0.1, 0.15) is 5.82 Å². The monoisotopic (exact) mass is 394 g/mol. The van der Waals surface area contributed by atoms with Gasteiger partial charge in [-0.05, 0) is 63.9 Å². The van der Waals surface area contributed by atoms with Crippen LogP contribution in [-0.2, 0) is 6.54 Å². The molecule has 2 aromatic heterocycles. The lowest BCUT2D eigenvalue weighted by Crippen LogP contribution is -2.07. The molecule has 0 fully saturated rings. The number of hydrogen-bond acceptors (Lipinski definition) is 4. The number of carbonyl (C=O) groups excluding carboxylic acids is 1. The van der Waals surface area contributed by atoms with Crippen molar-refractivity contribution in [3.8, 4) is 5.69 Å². The van der Waals surface area contributed by atoms with Gasteiger partial charge >= 0.3 is 0 Å². The Hall–Kier alpha value is -2.60. The molecule has 2 heterocycles. The molecule has 0 amide bonds. The largest absolute Gasteiger partial charge is 0.318 e. The van der Waals surface area contributed by atoms with Crippen LogP contribution in [0.3, 0.4) is 0 Å². The molecule has 0 N–H and O–H groups in total. The van der Waals surface area contributed by atoms with E-state index >= 15 is 0 Å². The van der Waals surface area contributed by atoms with Gasteiger partial charge in [0.15, 0.2) is 10.9 Å². The Labute approximate surface area is 170 Å². The van der Waals surface area contributed by atoms with Gasteiger partial charge in [-0.25, -0.2) is 0 Å². The van der Waals surface area contributed by atoms with E-state index in [-0.39, 0.29) is 5.78 Å². The minimum atomic E-state index is 0.0968. The molecular weight excluding hydrogens is 368 g/mol. The van der Waals surface area contributed by atoms with Gasteiger partial charge in [0.25, 0.3) is 0 Å². The van der Waals surface area contributed by atoms with Crippen molar-refractivity contribution < 1.29 is 4.79 Å². The van der Waals surface area contributed by atoms with Crippen molar-refractivity contribution in [3.05, 3.63) is 70.8 Å². The molecule has 0 spiro atoms. The molecule has 6 heteroatoms. The first-order valence-electron chi connectivity index (χ1n) is 9.26. The third kappa shape index (κ3) is 3.97. The van der Waals surface area contributed by atoms with E-state index < -0.39 is 0 Å². The molecule has 0 bridgehead atoms. The number of benzene rings is 1. The molecule has 0 saturated carbocycles. The zero-order chi connectivity index (χ0) is 20.4. The van der Waals surface area contributed by atoms with Crippen molar-refractivity contribution in [2.75, 3.05) is 5.75 Å². The molecule has 0 aliphatic rings. The van der Waals surface area contributed by atoms with Crippen LogP contribution in [0.4, 0.5) is 0 Å². The fraction of sp³-hybridized carbons (Fsp3) is 0.318. The summed E-state index contributed by atoms with van der Waals surface area (Å²) in [6, 6.07) is 8.43. The lowest BCUT2D eigenvalue weighted by atomic mass is 10.1. The number of carbonyl (C=O) groups is 1. The topological polar surface area (TPSA) is 52.7 Å². The average molecular weight is 395 g/mol. The number of thioether (sulfide) groups is 1. The third-order valence-corrected chi connectivity index (χ3v) is 5.71. The van der Waals surface area contributed by atoms with E-state index in [9.17, 15) is 4.79 Å². The second-order valence-electron chi connectivity index (χ2n) is 7.11. The molecule has 5 nitrogen and oxygen atoms in total. The van der Waals surface area contributed by atoms with E-state index in [1.54, 1.807) is 6.08 Å². The van der Waals surface area contributed by atoms with Gasteiger partial charge in [0, 0.05) is 29.2 Å². The van der Waals surface area contributed by atoms with Crippen LogP contribution >= 0.6 is 11.8 Å². The van der Waals surface area contributed by atoms with Gasteiger partial charge in [0.2, 0.25) is 0 Å². The highest BCUT2D eigenvalue weighted by molar-refractivity contribution is 7.99. The minimum absolute atomic E-state index is 0.0968. The maximum absolute atomic E-state index is 12.9. The molecule has 0 radical (unpaired) electrons. The van der Waals surface area contributed by atoms with Crippen LogP contribution in [0.1, 0.15) is 38.7 Å². The second-order valence-corrected chi connectivity index (χ2v) is 8.05. The highest BCUT2D eigenvalue weighted by Crippen LogP contribution is 2.25. The molecule has 0 aliphatic heterocycles. The van der Waals surface area contributed by atoms with Gasteiger partial charge in [-0.2, -0.15) is 0 Å². The van der Waals surface area contributed by atoms with Crippen molar-refractivity contribution in [1.29, 1.82) is 0 Å². The Bertz CT molecular complexity index is 1020. The quantitative estimate of drug-likeness (QED) is 0.329. The molecule has 1 aromatic carbocycles.